The molecule has 1 aromatic heterocycles. The van der Waals surface area contributed by atoms with Gasteiger partial charge in [-0.25, -0.2) is 4.98 Å². The Morgan fingerprint density at radius 1 is 1.20 bits per heavy atom. The minimum Gasteiger partial charge on any atom is -0.446 e. The lowest BCUT2D eigenvalue weighted by atomic mass is 10.1. The molecule has 1 N–H and O–H groups in total. The average molecular weight is 351 g/mol. The predicted octanol–water partition coefficient (Wildman–Crippen LogP) is 3.91. The van der Waals surface area contributed by atoms with E-state index < -0.39 is 0 Å². The number of nitrogens with zero attached hydrogens (tertiary/aromatic N) is 2. The SMILES string of the molecule is CCCCCC(=O)N(Cc1nc(C(=O)NC(C)CC)co1)C(C)CC. The van der Waals surface area contributed by atoms with Gasteiger partial charge in [-0.1, -0.05) is 33.6 Å². The molecule has 2 atom stereocenters. The topological polar surface area (TPSA) is 75.4 Å². The number of hydrogen-bond acceptors (Lipinski definition) is 4. The second-order valence-corrected chi connectivity index (χ2v) is 6.65. The van der Waals surface area contributed by atoms with Crippen LogP contribution in [0.15, 0.2) is 10.7 Å². The number of amides is 2. The maximum absolute atomic E-state index is 12.5. The molecule has 2 unspecified atom stereocenters. The largest absolute Gasteiger partial charge is 0.446 e. The second kappa shape index (κ2) is 10.9. The molecule has 25 heavy (non-hydrogen) atoms. The molecular formula is C19H33N3O3. The number of carbonyl (C=O) groups is 2. The molecule has 0 fully saturated rings. The molecular weight excluding hydrogens is 318 g/mol. The zero-order valence-electron chi connectivity index (χ0n) is 16.3. The lowest BCUT2D eigenvalue weighted by Crippen LogP contribution is -2.37. The minimum absolute atomic E-state index is 0.0874. The van der Waals surface area contributed by atoms with E-state index in [1.807, 2.05) is 20.8 Å². The monoisotopic (exact) mass is 351 g/mol. The van der Waals surface area contributed by atoms with Crippen molar-refractivity contribution in [1.82, 2.24) is 15.2 Å². The summed E-state index contributed by atoms with van der Waals surface area (Å²) in [5.41, 5.74) is 0.262. The summed E-state index contributed by atoms with van der Waals surface area (Å²) < 4.78 is 5.44. The first-order chi connectivity index (χ1) is 11.9. The number of hydrogen-bond donors (Lipinski definition) is 1. The van der Waals surface area contributed by atoms with E-state index in [-0.39, 0.29) is 29.6 Å². The van der Waals surface area contributed by atoms with Crippen molar-refractivity contribution in [3.05, 3.63) is 17.8 Å². The number of carbonyl (C=O) groups excluding carboxylic acids is 2. The highest BCUT2D eigenvalue weighted by Crippen LogP contribution is 2.14. The lowest BCUT2D eigenvalue weighted by molar-refractivity contribution is -0.134. The molecule has 2 amide bonds. The molecule has 1 rings (SSSR count). The second-order valence-electron chi connectivity index (χ2n) is 6.65. The van der Waals surface area contributed by atoms with Crippen LogP contribution in [-0.4, -0.2) is 33.8 Å². The van der Waals surface area contributed by atoms with Gasteiger partial charge >= 0.3 is 0 Å². The predicted molar refractivity (Wildman–Crippen MR) is 98.2 cm³/mol. The van der Waals surface area contributed by atoms with Crippen LogP contribution in [0.5, 0.6) is 0 Å². The van der Waals surface area contributed by atoms with Crippen molar-refractivity contribution in [3.63, 3.8) is 0 Å². The van der Waals surface area contributed by atoms with Crippen LogP contribution in [-0.2, 0) is 11.3 Å². The van der Waals surface area contributed by atoms with Gasteiger partial charge in [0.05, 0.1) is 6.54 Å². The average Bonchev–Trinajstić information content (AvgIpc) is 3.07. The molecule has 6 nitrogen and oxygen atoms in total. The molecule has 142 valence electrons. The Kier molecular flexibility index (Phi) is 9.24. The van der Waals surface area contributed by atoms with Gasteiger partial charge in [0.2, 0.25) is 11.8 Å². The van der Waals surface area contributed by atoms with Crippen molar-refractivity contribution in [3.8, 4) is 0 Å². The van der Waals surface area contributed by atoms with Crippen molar-refractivity contribution in [2.45, 2.75) is 91.8 Å². The standard InChI is InChI=1S/C19H33N3O3/c1-6-9-10-11-18(23)22(15(5)8-3)12-17-21-16(13-25-17)19(24)20-14(4)7-2/h13-15H,6-12H2,1-5H3,(H,20,24). The molecule has 0 spiro atoms. The van der Waals surface area contributed by atoms with Crippen LogP contribution in [0.25, 0.3) is 0 Å². The normalized spacial score (nSPS) is 13.3. The summed E-state index contributed by atoms with van der Waals surface area (Å²) in [4.78, 5) is 30.7. The van der Waals surface area contributed by atoms with Gasteiger partial charge in [-0.2, -0.15) is 0 Å². The summed E-state index contributed by atoms with van der Waals surface area (Å²) in [5.74, 6) is 0.277. The van der Waals surface area contributed by atoms with E-state index >= 15 is 0 Å². The van der Waals surface area contributed by atoms with Crippen LogP contribution in [0.3, 0.4) is 0 Å². The minimum atomic E-state index is -0.242. The van der Waals surface area contributed by atoms with Gasteiger partial charge in [0, 0.05) is 18.5 Å². The zero-order valence-corrected chi connectivity index (χ0v) is 16.3. The Morgan fingerprint density at radius 3 is 2.52 bits per heavy atom. The zero-order chi connectivity index (χ0) is 18.8. The summed E-state index contributed by atoms with van der Waals surface area (Å²) >= 11 is 0. The molecule has 0 aliphatic rings. The Morgan fingerprint density at radius 2 is 1.92 bits per heavy atom. The van der Waals surface area contributed by atoms with Crippen molar-refractivity contribution in [2.24, 2.45) is 0 Å². The van der Waals surface area contributed by atoms with E-state index in [2.05, 4.69) is 24.1 Å². The van der Waals surface area contributed by atoms with Crippen molar-refractivity contribution >= 4 is 11.8 Å². The first-order valence-corrected chi connectivity index (χ1v) is 9.47. The van der Waals surface area contributed by atoms with Crippen LogP contribution < -0.4 is 5.32 Å². The molecule has 0 saturated heterocycles. The quantitative estimate of drug-likeness (QED) is 0.613. The van der Waals surface area contributed by atoms with Gasteiger partial charge in [-0.15, -0.1) is 0 Å². The van der Waals surface area contributed by atoms with Crippen LogP contribution in [0.4, 0.5) is 0 Å². The molecule has 0 aliphatic heterocycles. The Labute approximate surface area is 151 Å². The van der Waals surface area contributed by atoms with Gasteiger partial charge in [-0.05, 0) is 33.1 Å². The summed E-state index contributed by atoms with van der Waals surface area (Å²) in [6, 6.07) is 0.197. The molecule has 0 aromatic carbocycles. The Hall–Kier alpha value is -1.85. The molecule has 6 heteroatoms. The van der Waals surface area contributed by atoms with E-state index in [1.54, 1.807) is 4.90 Å². The van der Waals surface area contributed by atoms with Crippen LogP contribution in [0.1, 0.15) is 89.5 Å². The molecule has 0 aliphatic carbocycles. The number of rotatable bonds is 11. The highest BCUT2D eigenvalue weighted by atomic mass is 16.3. The number of aromatic nitrogens is 1. The number of unbranched alkanes of at least 4 members (excludes halogenated alkanes) is 2. The van der Waals surface area contributed by atoms with E-state index in [0.717, 1.165) is 32.1 Å². The van der Waals surface area contributed by atoms with Gasteiger partial charge in [0.1, 0.15) is 6.26 Å². The molecule has 0 saturated carbocycles. The fraction of sp³-hybridized carbons (Fsp3) is 0.737. The molecule has 0 bridgehead atoms. The van der Waals surface area contributed by atoms with Crippen LogP contribution >= 0.6 is 0 Å². The Bertz CT molecular complexity index is 542. The van der Waals surface area contributed by atoms with E-state index in [9.17, 15) is 9.59 Å². The third kappa shape index (κ3) is 6.88. The molecule has 1 heterocycles. The van der Waals surface area contributed by atoms with Crippen molar-refractivity contribution in [1.29, 1.82) is 0 Å². The highest BCUT2D eigenvalue weighted by molar-refractivity contribution is 5.92. The summed E-state index contributed by atoms with van der Waals surface area (Å²) in [7, 11) is 0. The first kappa shape index (κ1) is 21.2. The van der Waals surface area contributed by atoms with E-state index in [1.165, 1.54) is 6.26 Å². The summed E-state index contributed by atoms with van der Waals surface area (Å²) in [5, 5.41) is 2.86. The maximum atomic E-state index is 12.5. The fourth-order valence-corrected chi connectivity index (χ4v) is 2.41. The van der Waals surface area contributed by atoms with Gasteiger partial charge < -0.3 is 14.6 Å². The Balaban J connectivity index is 2.74. The molecule has 1 aromatic rings. The third-order valence-corrected chi connectivity index (χ3v) is 4.52. The van der Waals surface area contributed by atoms with Crippen LogP contribution in [0, 0.1) is 0 Å². The fourth-order valence-electron chi connectivity index (χ4n) is 2.41. The van der Waals surface area contributed by atoms with E-state index in [0.29, 0.717) is 18.9 Å². The first-order valence-electron chi connectivity index (χ1n) is 9.47. The summed E-state index contributed by atoms with van der Waals surface area (Å²) in [6.45, 7) is 10.5. The van der Waals surface area contributed by atoms with Gasteiger partial charge in [0.15, 0.2) is 5.69 Å². The summed E-state index contributed by atoms with van der Waals surface area (Å²) in [6.07, 6.45) is 6.66. The number of oxazole rings is 1. The number of nitrogens with one attached hydrogen (secondary N) is 1. The highest BCUT2D eigenvalue weighted by Gasteiger charge is 2.22. The smallest absolute Gasteiger partial charge is 0.273 e. The van der Waals surface area contributed by atoms with Gasteiger partial charge in [-0.3, -0.25) is 9.59 Å². The molecule has 0 radical (unpaired) electrons. The van der Waals surface area contributed by atoms with Crippen LogP contribution in [0.2, 0.25) is 0 Å². The third-order valence-electron chi connectivity index (χ3n) is 4.52. The van der Waals surface area contributed by atoms with Gasteiger partial charge in [0.25, 0.3) is 5.91 Å². The maximum Gasteiger partial charge on any atom is 0.273 e. The van der Waals surface area contributed by atoms with E-state index in [4.69, 9.17) is 4.42 Å². The van der Waals surface area contributed by atoms with Crippen molar-refractivity contribution in [2.75, 3.05) is 0 Å². The lowest BCUT2D eigenvalue weighted by Gasteiger charge is -2.27. The van der Waals surface area contributed by atoms with Crippen molar-refractivity contribution < 1.29 is 14.0 Å².